The molecule has 1 saturated heterocycles. The Hall–Kier alpha value is -3.29. The first-order valence-corrected chi connectivity index (χ1v) is 10.1. The first-order valence-electron chi connectivity index (χ1n) is 10.1. The highest BCUT2D eigenvalue weighted by molar-refractivity contribution is 6.08. The molecule has 0 spiro atoms. The lowest BCUT2D eigenvalue weighted by Gasteiger charge is -2.29. The number of rotatable bonds is 3. The summed E-state index contributed by atoms with van der Waals surface area (Å²) in [7, 11) is 0. The second-order valence-electron chi connectivity index (χ2n) is 8.50. The van der Waals surface area contributed by atoms with Crippen molar-refractivity contribution in [1.29, 1.82) is 0 Å². The molecule has 1 fully saturated rings. The van der Waals surface area contributed by atoms with E-state index in [2.05, 4.69) is 15.0 Å². The molecule has 0 atom stereocenters. The predicted molar refractivity (Wildman–Crippen MR) is 117 cm³/mol. The molecule has 1 aliphatic heterocycles. The van der Waals surface area contributed by atoms with E-state index in [0.29, 0.717) is 11.3 Å². The third-order valence-electron chi connectivity index (χ3n) is 5.16. The van der Waals surface area contributed by atoms with Crippen LogP contribution in [0.25, 0.3) is 10.9 Å². The average Bonchev–Trinajstić information content (AvgIpc) is 3.38. The largest absolute Gasteiger partial charge is 0.371 e. The molecule has 3 heterocycles. The van der Waals surface area contributed by atoms with Gasteiger partial charge in [0.25, 0.3) is 11.8 Å². The molecule has 0 aliphatic carbocycles. The van der Waals surface area contributed by atoms with Crippen molar-refractivity contribution in [3.8, 4) is 0 Å². The van der Waals surface area contributed by atoms with Crippen LogP contribution in [0, 0.1) is 0 Å². The van der Waals surface area contributed by atoms with Gasteiger partial charge in [-0.05, 0) is 37.5 Å². The maximum atomic E-state index is 11.4. The van der Waals surface area contributed by atoms with Gasteiger partial charge in [0.05, 0.1) is 11.1 Å². The predicted octanol–water partition coefficient (Wildman–Crippen LogP) is 3.33. The number of nitrogens with one attached hydrogen (secondary N) is 1. The zero-order chi connectivity index (χ0) is 21.9. The van der Waals surface area contributed by atoms with Gasteiger partial charge in [-0.3, -0.25) is 9.59 Å². The Labute approximate surface area is 175 Å². The Morgan fingerprint density at radius 2 is 1.77 bits per heavy atom. The molecule has 5 N–H and O–H groups in total. The van der Waals surface area contributed by atoms with Crippen LogP contribution in [0.15, 0.2) is 35.0 Å². The van der Waals surface area contributed by atoms with Crippen molar-refractivity contribution < 1.29 is 14.1 Å². The molecule has 4 rings (SSSR count). The highest BCUT2D eigenvalue weighted by Gasteiger charge is 2.21. The number of primary amides is 2. The number of aromatic nitrogens is 2. The van der Waals surface area contributed by atoms with Gasteiger partial charge in [0, 0.05) is 41.8 Å². The second-order valence-corrected chi connectivity index (χ2v) is 8.50. The lowest BCUT2D eigenvalue weighted by molar-refractivity contribution is 0.0986. The van der Waals surface area contributed by atoms with E-state index in [9.17, 15) is 9.59 Å². The van der Waals surface area contributed by atoms with E-state index in [0.717, 1.165) is 24.0 Å². The van der Waals surface area contributed by atoms with Gasteiger partial charge < -0.3 is 25.9 Å². The molecule has 0 unspecified atom stereocenters. The highest BCUT2D eigenvalue weighted by atomic mass is 16.5. The van der Waals surface area contributed by atoms with E-state index < -0.39 is 5.91 Å². The van der Waals surface area contributed by atoms with Gasteiger partial charge >= 0.3 is 0 Å². The first kappa shape index (κ1) is 21.4. The minimum absolute atomic E-state index is 0.138. The van der Waals surface area contributed by atoms with Crippen molar-refractivity contribution in [1.82, 2.24) is 10.1 Å². The molecule has 1 aliphatic rings. The summed E-state index contributed by atoms with van der Waals surface area (Å²) in [4.78, 5) is 27.5. The Kier molecular flexibility index (Phi) is 6.14. The van der Waals surface area contributed by atoms with Gasteiger partial charge in [0.2, 0.25) is 0 Å². The van der Waals surface area contributed by atoms with Crippen LogP contribution in [-0.2, 0) is 5.41 Å². The van der Waals surface area contributed by atoms with Gasteiger partial charge in [-0.1, -0.05) is 25.9 Å². The van der Waals surface area contributed by atoms with Crippen molar-refractivity contribution in [3.05, 3.63) is 47.5 Å². The van der Waals surface area contributed by atoms with Crippen LogP contribution in [0.4, 0.5) is 5.69 Å². The SMILES string of the molecule is CC(C)(C)c1cc(C(N)=O)no1.NC(=O)c1ccc(N2CCCCC2)c2cc[nH]c12. The monoisotopic (exact) mass is 411 g/mol. The number of amides is 2. The number of aromatic amines is 1. The molecule has 0 saturated carbocycles. The van der Waals surface area contributed by atoms with E-state index in [-0.39, 0.29) is 17.0 Å². The zero-order valence-electron chi connectivity index (χ0n) is 17.7. The summed E-state index contributed by atoms with van der Waals surface area (Å²) in [5.74, 6) is -0.279. The van der Waals surface area contributed by atoms with E-state index in [1.165, 1.54) is 24.9 Å². The topological polar surface area (TPSA) is 131 Å². The molecule has 2 amide bonds. The van der Waals surface area contributed by atoms with E-state index in [1.54, 1.807) is 6.07 Å². The van der Waals surface area contributed by atoms with Crippen LogP contribution in [-0.4, -0.2) is 35.0 Å². The quantitative estimate of drug-likeness (QED) is 0.608. The molecule has 0 bridgehead atoms. The molecular formula is C22H29N5O3. The van der Waals surface area contributed by atoms with Crippen LogP contribution in [0.2, 0.25) is 0 Å². The van der Waals surface area contributed by atoms with Crippen molar-refractivity contribution in [2.75, 3.05) is 18.0 Å². The number of piperidine rings is 1. The number of nitrogens with zero attached hydrogens (tertiary/aromatic N) is 2. The standard InChI is InChI=1S/C14H17N3O.C8H12N2O2/c15-14(18)11-4-5-12(10-6-7-16-13(10)11)17-8-2-1-3-9-17;1-8(2,3)6-4-5(7(9)11)10-12-6/h4-7,16H,1-3,8-9H2,(H2,15,18);4H,1-3H3,(H2,9,11). The summed E-state index contributed by atoms with van der Waals surface area (Å²) in [6.45, 7) is 8.10. The molecule has 2 aromatic heterocycles. The van der Waals surface area contributed by atoms with Gasteiger partial charge in [-0.25, -0.2) is 0 Å². The minimum atomic E-state index is -0.561. The smallest absolute Gasteiger partial charge is 0.270 e. The second kappa shape index (κ2) is 8.61. The van der Waals surface area contributed by atoms with Gasteiger partial charge in [0.1, 0.15) is 5.76 Å². The Balaban J connectivity index is 0.000000187. The van der Waals surface area contributed by atoms with Crippen molar-refractivity contribution in [2.45, 2.75) is 45.4 Å². The van der Waals surface area contributed by atoms with Crippen molar-refractivity contribution in [3.63, 3.8) is 0 Å². The van der Waals surface area contributed by atoms with Crippen LogP contribution >= 0.6 is 0 Å². The Morgan fingerprint density at radius 3 is 2.30 bits per heavy atom. The molecule has 0 radical (unpaired) electrons. The first-order chi connectivity index (χ1) is 14.2. The fourth-order valence-corrected chi connectivity index (χ4v) is 3.50. The number of hydrogen-bond donors (Lipinski definition) is 3. The van der Waals surface area contributed by atoms with Gasteiger partial charge in [-0.15, -0.1) is 0 Å². The maximum Gasteiger partial charge on any atom is 0.270 e. The number of carbonyl (C=O) groups is 2. The number of carbonyl (C=O) groups excluding carboxylic acids is 2. The summed E-state index contributed by atoms with van der Waals surface area (Å²) in [5, 5.41) is 4.62. The molecule has 30 heavy (non-hydrogen) atoms. The van der Waals surface area contributed by atoms with E-state index in [4.69, 9.17) is 16.0 Å². The van der Waals surface area contributed by atoms with E-state index >= 15 is 0 Å². The Morgan fingerprint density at radius 1 is 1.07 bits per heavy atom. The summed E-state index contributed by atoms with van der Waals surface area (Å²) >= 11 is 0. The summed E-state index contributed by atoms with van der Waals surface area (Å²) in [5.41, 5.74) is 13.1. The number of anilines is 1. The van der Waals surface area contributed by atoms with Gasteiger partial charge in [-0.2, -0.15) is 0 Å². The zero-order valence-corrected chi connectivity index (χ0v) is 17.7. The summed E-state index contributed by atoms with van der Waals surface area (Å²) in [6.07, 6.45) is 5.66. The molecule has 3 aromatic rings. The fourth-order valence-electron chi connectivity index (χ4n) is 3.50. The van der Waals surface area contributed by atoms with Crippen LogP contribution in [0.3, 0.4) is 0 Å². The Bertz CT molecular complexity index is 1040. The van der Waals surface area contributed by atoms with E-state index in [1.807, 2.05) is 45.2 Å². The van der Waals surface area contributed by atoms with Crippen molar-refractivity contribution in [2.24, 2.45) is 11.5 Å². The third kappa shape index (κ3) is 4.64. The lowest BCUT2D eigenvalue weighted by atomic mass is 9.93. The molecule has 160 valence electrons. The molecule has 8 nitrogen and oxygen atoms in total. The highest BCUT2D eigenvalue weighted by Crippen LogP contribution is 2.30. The number of benzene rings is 1. The van der Waals surface area contributed by atoms with Crippen molar-refractivity contribution >= 4 is 28.4 Å². The molecule has 1 aromatic carbocycles. The molecular weight excluding hydrogens is 382 g/mol. The third-order valence-corrected chi connectivity index (χ3v) is 5.16. The summed E-state index contributed by atoms with van der Waals surface area (Å²) in [6, 6.07) is 7.43. The van der Waals surface area contributed by atoms with Crippen LogP contribution in [0.5, 0.6) is 0 Å². The molecule has 8 heteroatoms. The normalized spacial score (nSPS) is 14.3. The lowest BCUT2D eigenvalue weighted by Crippen LogP contribution is -2.29. The number of fused-ring (bicyclic) bond motifs is 1. The fraction of sp³-hybridized carbons (Fsp3) is 0.409. The number of hydrogen-bond acceptors (Lipinski definition) is 5. The summed E-state index contributed by atoms with van der Waals surface area (Å²) < 4.78 is 4.94. The number of H-pyrrole nitrogens is 1. The maximum absolute atomic E-state index is 11.4. The van der Waals surface area contributed by atoms with Crippen LogP contribution in [0.1, 0.15) is 66.6 Å². The minimum Gasteiger partial charge on any atom is -0.371 e. The average molecular weight is 412 g/mol. The number of nitrogens with two attached hydrogens (primary N) is 2. The van der Waals surface area contributed by atoms with Gasteiger partial charge in [0.15, 0.2) is 5.69 Å². The van der Waals surface area contributed by atoms with Crippen LogP contribution < -0.4 is 16.4 Å².